The fourth-order valence-electron chi connectivity index (χ4n) is 8.10. The molecule has 4 heteroatoms. The Morgan fingerprint density at radius 2 is 1.60 bits per heavy atom. The molecule has 3 rings (SSSR count). The van der Waals surface area contributed by atoms with Gasteiger partial charge in [-0.05, 0) is 117 Å². The number of carbonyl (C=O) groups excluding carboxylic acids is 1. The van der Waals surface area contributed by atoms with Crippen LogP contribution in [-0.4, -0.2) is 40.0 Å². The minimum absolute atomic E-state index is 0.206. The lowest BCUT2D eigenvalue weighted by Gasteiger charge is -2.38. The van der Waals surface area contributed by atoms with Gasteiger partial charge in [-0.25, -0.2) is 4.79 Å². The van der Waals surface area contributed by atoms with Crippen molar-refractivity contribution in [2.24, 2.45) is 23.7 Å². The smallest absolute Gasteiger partial charge is 0.335 e. The van der Waals surface area contributed by atoms with Gasteiger partial charge >= 0.3 is 5.97 Å². The van der Waals surface area contributed by atoms with Crippen LogP contribution in [0.3, 0.4) is 0 Å². The number of carbonyl (C=O) groups is 1. The topological polar surface area (TPSA) is 44.8 Å². The summed E-state index contributed by atoms with van der Waals surface area (Å²) in [6.45, 7) is 16.2. The van der Waals surface area contributed by atoms with Crippen LogP contribution in [0.1, 0.15) is 133 Å². The number of unbranched alkanes of at least 4 members (excludes halogenated alkanes) is 2. The molecule has 2 aliphatic rings. The SMILES string of the molecule is C=C(COC)C(=O)OCC(COC)CC1CCC(C2CCC(c3ccc(C(=C)/C=C\C(=C\CC)CCCCC)c(CC)c3)CC2)CC1. The highest BCUT2D eigenvalue weighted by molar-refractivity contribution is 5.87. The van der Waals surface area contributed by atoms with Gasteiger partial charge in [0.1, 0.15) is 0 Å². The van der Waals surface area contributed by atoms with Gasteiger partial charge in [-0.3, -0.25) is 0 Å². The van der Waals surface area contributed by atoms with E-state index in [4.69, 9.17) is 14.2 Å². The van der Waals surface area contributed by atoms with Crippen molar-refractivity contribution in [3.8, 4) is 0 Å². The molecule has 2 saturated carbocycles. The molecule has 262 valence electrons. The van der Waals surface area contributed by atoms with Gasteiger partial charge in [0.05, 0.1) is 25.4 Å². The Hall–Kier alpha value is -2.43. The average molecular weight is 647 g/mol. The number of esters is 1. The normalized spacial score (nSPS) is 22.7. The molecule has 47 heavy (non-hydrogen) atoms. The molecular weight excluding hydrogens is 580 g/mol. The number of hydrogen-bond acceptors (Lipinski definition) is 4. The lowest BCUT2D eigenvalue weighted by atomic mass is 9.67. The summed E-state index contributed by atoms with van der Waals surface area (Å²) in [6.07, 6.45) is 25.7. The van der Waals surface area contributed by atoms with Crippen LogP contribution in [0.2, 0.25) is 0 Å². The molecule has 0 aliphatic heterocycles. The molecule has 2 fully saturated rings. The maximum absolute atomic E-state index is 12.2. The number of ether oxygens (including phenoxy) is 3. The monoisotopic (exact) mass is 646 g/mol. The summed E-state index contributed by atoms with van der Waals surface area (Å²) in [4.78, 5) is 12.2. The van der Waals surface area contributed by atoms with E-state index in [-0.39, 0.29) is 18.5 Å². The van der Waals surface area contributed by atoms with Crippen LogP contribution in [0.4, 0.5) is 0 Å². The van der Waals surface area contributed by atoms with E-state index in [0.717, 1.165) is 43.1 Å². The predicted molar refractivity (Wildman–Crippen MR) is 199 cm³/mol. The van der Waals surface area contributed by atoms with Crippen molar-refractivity contribution in [2.45, 2.75) is 123 Å². The summed E-state index contributed by atoms with van der Waals surface area (Å²) in [5.41, 5.74) is 7.22. The zero-order valence-electron chi connectivity index (χ0n) is 30.6. The Labute approximate surface area is 288 Å². The van der Waals surface area contributed by atoms with Crippen molar-refractivity contribution >= 4 is 11.5 Å². The van der Waals surface area contributed by atoms with Gasteiger partial charge in [-0.15, -0.1) is 0 Å². The van der Waals surface area contributed by atoms with Crippen molar-refractivity contribution in [3.63, 3.8) is 0 Å². The van der Waals surface area contributed by atoms with Gasteiger partial charge < -0.3 is 14.2 Å². The summed E-state index contributed by atoms with van der Waals surface area (Å²) in [5.74, 6) is 2.97. The summed E-state index contributed by atoms with van der Waals surface area (Å²) < 4.78 is 16.0. The molecule has 0 saturated heterocycles. The number of aryl methyl sites for hydroxylation is 1. The van der Waals surface area contributed by atoms with Crippen molar-refractivity contribution in [3.05, 3.63) is 77.4 Å². The molecule has 1 aromatic carbocycles. The zero-order valence-corrected chi connectivity index (χ0v) is 30.6. The van der Waals surface area contributed by atoms with Gasteiger partial charge in [0, 0.05) is 20.1 Å². The molecule has 0 bridgehead atoms. The van der Waals surface area contributed by atoms with E-state index in [0.29, 0.717) is 30.6 Å². The van der Waals surface area contributed by atoms with Gasteiger partial charge in [-0.2, -0.15) is 0 Å². The van der Waals surface area contributed by atoms with E-state index in [1.165, 1.54) is 92.9 Å². The highest BCUT2D eigenvalue weighted by Crippen LogP contribution is 2.45. The number of hydrogen-bond donors (Lipinski definition) is 0. The van der Waals surface area contributed by atoms with Crippen LogP contribution in [-0.2, 0) is 25.4 Å². The molecule has 1 atom stereocenters. The number of benzene rings is 1. The molecule has 0 heterocycles. The van der Waals surface area contributed by atoms with Crippen LogP contribution >= 0.6 is 0 Å². The van der Waals surface area contributed by atoms with Crippen LogP contribution < -0.4 is 0 Å². The number of rotatable bonds is 20. The third-order valence-corrected chi connectivity index (χ3v) is 10.8. The molecule has 1 unspecified atom stereocenters. The molecule has 0 spiro atoms. The first kappa shape index (κ1) is 39.0. The Balaban J connectivity index is 1.48. The lowest BCUT2D eigenvalue weighted by molar-refractivity contribution is -0.141. The van der Waals surface area contributed by atoms with E-state index in [9.17, 15) is 4.79 Å². The van der Waals surface area contributed by atoms with E-state index >= 15 is 0 Å². The first-order valence-corrected chi connectivity index (χ1v) is 18.8. The molecule has 0 N–H and O–H groups in total. The third-order valence-electron chi connectivity index (χ3n) is 10.8. The summed E-state index contributed by atoms with van der Waals surface area (Å²) in [7, 11) is 3.29. The van der Waals surface area contributed by atoms with Gasteiger partial charge in [0.2, 0.25) is 0 Å². The van der Waals surface area contributed by atoms with Gasteiger partial charge in [-0.1, -0.05) is 102 Å². The van der Waals surface area contributed by atoms with Crippen molar-refractivity contribution in [1.29, 1.82) is 0 Å². The van der Waals surface area contributed by atoms with Crippen LogP contribution in [0, 0.1) is 23.7 Å². The van der Waals surface area contributed by atoms with Crippen molar-refractivity contribution in [1.82, 2.24) is 0 Å². The minimum Gasteiger partial charge on any atom is -0.462 e. The second-order valence-electron chi connectivity index (χ2n) is 14.4. The van der Waals surface area contributed by atoms with Crippen LogP contribution in [0.15, 0.2) is 60.7 Å². The Morgan fingerprint density at radius 1 is 0.894 bits per heavy atom. The summed E-state index contributed by atoms with van der Waals surface area (Å²) in [5, 5.41) is 0. The van der Waals surface area contributed by atoms with Crippen LogP contribution in [0.5, 0.6) is 0 Å². The first-order valence-electron chi connectivity index (χ1n) is 18.8. The Morgan fingerprint density at radius 3 is 2.21 bits per heavy atom. The molecule has 0 radical (unpaired) electrons. The first-order chi connectivity index (χ1) is 22.8. The fraction of sp³-hybridized carbons (Fsp3) is 0.651. The highest BCUT2D eigenvalue weighted by Gasteiger charge is 2.32. The van der Waals surface area contributed by atoms with E-state index in [1.807, 2.05) is 0 Å². The molecule has 4 nitrogen and oxygen atoms in total. The van der Waals surface area contributed by atoms with E-state index < -0.39 is 0 Å². The standard InChI is InChI=1S/C43H66O4/c1-8-11-12-14-34(13-9-2)16-15-32(4)42-26-25-41(28-37(42)10-3)40-23-21-39(22-24-40)38-19-17-35(18-20-38)27-36(30-46-7)31-47-43(44)33(5)29-45-6/h13,15-16,25-26,28,35-36,38-40H,4-5,8-12,14,17-24,27,29-31H2,1-3,6-7H3/b16-15-,34-13+. The largest absolute Gasteiger partial charge is 0.462 e. The maximum Gasteiger partial charge on any atom is 0.335 e. The quantitative estimate of drug-likeness (QED) is 0.0612. The van der Waals surface area contributed by atoms with Crippen molar-refractivity contribution < 1.29 is 19.0 Å². The Kier molecular flexibility index (Phi) is 17.9. The van der Waals surface area contributed by atoms with Gasteiger partial charge in [0.25, 0.3) is 0 Å². The second-order valence-corrected chi connectivity index (χ2v) is 14.4. The zero-order chi connectivity index (χ0) is 34.0. The van der Waals surface area contributed by atoms with Crippen LogP contribution in [0.25, 0.3) is 5.57 Å². The van der Waals surface area contributed by atoms with Crippen molar-refractivity contribution in [2.75, 3.05) is 34.0 Å². The highest BCUT2D eigenvalue weighted by atomic mass is 16.5. The molecule has 1 aromatic rings. The molecule has 2 aliphatic carbocycles. The second kappa shape index (κ2) is 21.5. The lowest BCUT2D eigenvalue weighted by Crippen LogP contribution is -2.28. The summed E-state index contributed by atoms with van der Waals surface area (Å²) in [6, 6.07) is 7.24. The number of methoxy groups -OCH3 is 2. The predicted octanol–water partition coefficient (Wildman–Crippen LogP) is 11.2. The molecule has 0 amide bonds. The molecule has 0 aromatic heterocycles. The average Bonchev–Trinajstić information content (AvgIpc) is 3.09. The van der Waals surface area contributed by atoms with E-state index in [1.54, 1.807) is 14.2 Å². The fourth-order valence-corrected chi connectivity index (χ4v) is 8.10. The number of allylic oxidation sites excluding steroid dienone is 5. The van der Waals surface area contributed by atoms with Gasteiger partial charge in [0.15, 0.2) is 0 Å². The van der Waals surface area contributed by atoms with E-state index in [2.05, 4.69) is 70.4 Å². The molecular formula is C43H66O4. The summed E-state index contributed by atoms with van der Waals surface area (Å²) >= 11 is 0. The third kappa shape index (κ3) is 12.8. The minimum atomic E-state index is -0.362. The maximum atomic E-state index is 12.2. The Bertz CT molecular complexity index is 1160.